The number of rotatable bonds is 3. The highest BCUT2D eigenvalue weighted by Gasteiger charge is 2.06. The summed E-state index contributed by atoms with van der Waals surface area (Å²) in [6, 6.07) is 0. The van der Waals surface area contributed by atoms with Gasteiger partial charge in [0.25, 0.3) is 11.3 Å². The van der Waals surface area contributed by atoms with Crippen LogP contribution in [-0.4, -0.2) is 44.1 Å². The van der Waals surface area contributed by atoms with Crippen molar-refractivity contribution in [2.24, 2.45) is 0 Å². The molecule has 6 nitrogen and oxygen atoms in total. The van der Waals surface area contributed by atoms with Crippen LogP contribution in [0.1, 0.15) is 26.5 Å². The molecule has 0 unspecified atom stereocenters. The molecule has 0 fully saturated rings. The molecule has 0 aliphatic rings. The Morgan fingerprint density at radius 2 is 1.89 bits per heavy atom. The SMILES string of the molecule is CCN(CC)CC.Cc1nc2nc[nH]n2c(=O)c1Br. The zero-order chi connectivity index (χ0) is 14.4. The number of hydrogen-bond acceptors (Lipinski definition) is 4. The number of hydrogen-bond donors (Lipinski definition) is 1. The Bertz CT molecular complexity index is 567. The molecule has 0 amide bonds. The molecular weight excluding hydrogens is 310 g/mol. The molecule has 106 valence electrons. The number of nitrogens with one attached hydrogen (secondary N) is 1. The molecule has 0 aliphatic heterocycles. The van der Waals surface area contributed by atoms with Crippen molar-refractivity contribution in [1.82, 2.24) is 24.5 Å². The normalized spacial score (nSPS) is 10.6. The lowest BCUT2D eigenvalue weighted by molar-refractivity contribution is 0.321. The first-order chi connectivity index (χ1) is 9.04. The van der Waals surface area contributed by atoms with Crippen LogP contribution < -0.4 is 5.56 Å². The van der Waals surface area contributed by atoms with Crippen molar-refractivity contribution in [3.8, 4) is 0 Å². The van der Waals surface area contributed by atoms with E-state index in [9.17, 15) is 4.79 Å². The lowest BCUT2D eigenvalue weighted by Crippen LogP contribution is -2.21. The van der Waals surface area contributed by atoms with E-state index in [0.717, 1.165) is 0 Å². The van der Waals surface area contributed by atoms with E-state index in [1.165, 1.54) is 30.5 Å². The van der Waals surface area contributed by atoms with Crippen molar-refractivity contribution >= 4 is 21.7 Å². The fourth-order valence-corrected chi connectivity index (χ4v) is 1.88. The first-order valence-corrected chi connectivity index (χ1v) is 7.14. The third-order valence-corrected chi connectivity index (χ3v) is 3.80. The van der Waals surface area contributed by atoms with E-state index in [1.54, 1.807) is 6.92 Å². The molecule has 1 N–H and O–H groups in total. The van der Waals surface area contributed by atoms with Crippen LogP contribution in [0.15, 0.2) is 15.6 Å². The number of fused-ring (bicyclic) bond motifs is 1. The number of aromatic nitrogens is 4. The largest absolute Gasteiger partial charge is 0.304 e. The van der Waals surface area contributed by atoms with Crippen LogP contribution in [0, 0.1) is 6.92 Å². The van der Waals surface area contributed by atoms with Crippen LogP contribution in [0.3, 0.4) is 0 Å². The van der Waals surface area contributed by atoms with E-state index >= 15 is 0 Å². The van der Waals surface area contributed by atoms with Gasteiger partial charge >= 0.3 is 0 Å². The molecule has 0 aromatic carbocycles. The van der Waals surface area contributed by atoms with Crippen LogP contribution in [-0.2, 0) is 0 Å². The Labute approximate surface area is 121 Å². The van der Waals surface area contributed by atoms with Gasteiger partial charge in [0.2, 0.25) is 0 Å². The maximum absolute atomic E-state index is 11.4. The van der Waals surface area contributed by atoms with Gasteiger partial charge in [0.1, 0.15) is 10.8 Å². The maximum Gasteiger partial charge on any atom is 0.288 e. The minimum Gasteiger partial charge on any atom is -0.304 e. The molecular formula is C12H20BrN5O. The van der Waals surface area contributed by atoms with Gasteiger partial charge in [-0.25, -0.2) is 9.97 Å². The molecule has 0 spiro atoms. The van der Waals surface area contributed by atoms with E-state index in [2.05, 4.69) is 56.7 Å². The monoisotopic (exact) mass is 329 g/mol. The van der Waals surface area contributed by atoms with E-state index < -0.39 is 0 Å². The first kappa shape index (κ1) is 15.8. The summed E-state index contributed by atoms with van der Waals surface area (Å²) in [4.78, 5) is 21.7. The Morgan fingerprint density at radius 3 is 2.37 bits per heavy atom. The molecule has 0 aliphatic carbocycles. The van der Waals surface area contributed by atoms with Crippen LogP contribution >= 0.6 is 15.9 Å². The zero-order valence-electron chi connectivity index (χ0n) is 11.8. The van der Waals surface area contributed by atoms with Gasteiger partial charge in [-0.15, -0.1) is 0 Å². The Hall–Kier alpha value is -1.21. The summed E-state index contributed by atoms with van der Waals surface area (Å²) in [5, 5.41) is 2.66. The Balaban J connectivity index is 0.000000224. The van der Waals surface area contributed by atoms with Crippen LogP contribution in [0.5, 0.6) is 0 Å². The summed E-state index contributed by atoms with van der Waals surface area (Å²) in [7, 11) is 0. The Kier molecular flexibility index (Phi) is 6.17. The predicted octanol–water partition coefficient (Wildman–Crippen LogP) is 1.84. The first-order valence-electron chi connectivity index (χ1n) is 6.35. The fourth-order valence-electron chi connectivity index (χ4n) is 1.61. The van der Waals surface area contributed by atoms with Crippen molar-refractivity contribution in [2.75, 3.05) is 19.6 Å². The molecule has 0 saturated carbocycles. The van der Waals surface area contributed by atoms with E-state index in [0.29, 0.717) is 15.9 Å². The molecule has 2 aromatic rings. The highest BCUT2D eigenvalue weighted by molar-refractivity contribution is 9.10. The molecule has 2 aromatic heterocycles. The highest BCUT2D eigenvalue weighted by Crippen LogP contribution is 2.07. The van der Waals surface area contributed by atoms with Gasteiger partial charge in [-0.05, 0) is 42.5 Å². The van der Waals surface area contributed by atoms with Crippen LogP contribution in [0.2, 0.25) is 0 Å². The number of aryl methyl sites for hydroxylation is 1. The zero-order valence-corrected chi connectivity index (χ0v) is 13.4. The summed E-state index contributed by atoms with van der Waals surface area (Å²) < 4.78 is 1.74. The topological polar surface area (TPSA) is 66.3 Å². The second-order valence-corrected chi connectivity index (χ2v) is 4.75. The molecule has 0 radical (unpaired) electrons. The van der Waals surface area contributed by atoms with Gasteiger partial charge < -0.3 is 4.90 Å². The minimum absolute atomic E-state index is 0.171. The second kappa shape index (κ2) is 7.40. The minimum atomic E-state index is -0.171. The van der Waals surface area contributed by atoms with E-state index in [4.69, 9.17) is 0 Å². The third kappa shape index (κ3) is 3.87. The van der Waals surface area contributed by atoms with Crippen molar-refractivity contribution in [3.63, 3.8) is 0 Å². The summed E-state index contributed by atoms with van der Waals surface area (Å²) in [6.45, 7) is 11.9. The van der Waals surface area contributed by atoms with Crippen molar-refractivity contribution in [1.29, 1.82) is 0 Å². The molecule has 0 saturated heterocycles. The molecule has 2 heterocycles. The highest BCUT2D eigenvalue weighted by atomic mass is 79.9. The fraction of sp³-hybridized carbons (Fsp3) is 0.583. The average molecular weight is 330 g/mol. The van der Waals surface area contributed by atoms with Crippen molar-refractivity contribution in [3.05, 3.63) is 26.8 Å². The molecule has 0 bridgehead atoms. The van der Waals surface area contributed by atoms with Gasteiger partial charge in [0.15, 0.2) is 0 Å². The number of halogens is 1. The van der Waals surface area contributed by atoms with Gasteiger partial charge in [-0.3, -0.25) is 9.89 Å². The lowest BCUT2D eigenvalue weighted by atomic mass is 10.4. The van der Waals surface area contributed by atoms with Gasteiger partial charge in [0.05, 0.1) is 5.69 Å². The van der Waals surface area contributed by atoms with Crippen molar-refractivity contribution < 1.29 is 0 Å². The van der Waals surface area contributed by atoms with E-state index in [1.807, 2.05) is 0 Å². The van der Waals surface area contributed by atoms with Crippen LogP contribution in [0.4, 0.5) is 0 Å². The van der Waals surface area contributed by atoms with Crippen molar-refractivity contribution in [2.45, 2.75) is 27.7 Å². The third-order valence-electron chi connectivity index (χ3n) is 2.88. The Morgan fingerprint density at radius 1 is 1.32 bits per heavy atom. The quantitative estimate of drug-likeness (QED) is 0.933. The predicted molar refractivity (Wildman–Crippen MR) is 79.5 cm³/mol. The summed E-state index contributed by atoms with van der Waals surface area (Å²) in [6.07, 6.45) is 1.43. The molecule has 7 heteroatoms. The molecule has 19 heavy (non-hydrogen) atoms. The average Bonchev–Trinajstić information content (AvgIpc) is 2.87. The standard InChI is InChI=1S/C6H5BrN4O.C6H15N/c1-3-4(7)5(12)11-6(10-3)8-2-9-11;1-4-7(5-2)6-3/h2H,1H3,(H,8,9,10);4-6H2,1-3H3. The summed E-state index contributed by atoms with van der Waals surface area (Å²) in [5.74, 6) is 0.390. The molecule has 2 rings (SSSR count). The maximum atomic E-state index is 11.4. The van der Waals surface area contributed by atoms with E-state index in [-0.39, 0.29) is 5.56 Å². The summed E-state index contributed by atoms with van der Waals surface area (Å²) in [5.41, 5.74) is 0.474. The van der Waals surface area contributed by atoms with Gasteiger partial charge in [-0.2, -0.15) is 4.52 Å². The second-order valence-electron chi connectivity index (χ2n) is 3.96. The summed E-state index contributed by atoms with van der Waals surface area (Å²) >= 11 is 3.14. The molecule has 0 atom stereocenters. The number of aromatic amines is 1. The lowest BCUT2D eigenvalue weighted by Gasteiger charge is -2.13. The number of H-pyrrole nitrogens is 1. The van der Waals surface area contributed by atoms with Gasteiger partial charge in [-0.1, -0.05) is 20.8 Å². The van der Waals surface area contributed by atoms with Crippen LogP contribution in [0.25, 0.3) is 5.78 Å². The number of nitrogens with zero attached hydrogens (tertiary/aromatic N) is 4. The smallest absolute Gasteiger partial charge is 0.288 e. The van der Waals surface area contributed by atoms with Gasteiger partial charge in [0, 0.05) is 0 Å².